The maximum absolute atomic E-state index is 12.5. The predicted octanol–water partition coefficient (Wildman–Crippen LogP) is 1.30. The number of carbonyl (C=O) groups is 1. The topological polar surface area (TPSA) is 103 Å². The third kappa shape index (κ3) is 2.60. The minimum absolute atomic E-state index is 0.118. The molecule has 0 saturated carbocycles. The molecule has 0 unspecified atom stereocenters. The van der Waals surface area contributed by atoms with E-state index < -0.39 is 16.0 Å². The van der Waals surface area contributed by atoms with Crippen LogP contribution >= 0.6 is 11.3 Å². The van der Waals surface area contributed by atoms with E-state index >= 15 is 0 Å². The van der Waals surface area contributed by atoms with Crippen molar-refractivity contribution in [1.29, 1.82) is 0 Å². The number of carboxylic acids is 1. The SMILES string of the molecule is Cc1csc(C(=O)O)c1S(=O)(=O)N(C)Cc1cn[nH]c1. The van der Waals surface area contributed by atoms with Crippen LogP contribution in [0.4, 0.5) is 0 Å². The summed E-state index contributed by atoms with van der Waals surface area (Å²) < 4.78 is 26.1. The first-order valence-electron chi connectivity index (χ1n) is 5.59. The van der Waals surface area contributed by atoms with E-state index in [2.05, 4.69) is 10.2 Å². The number of thiophene rings is 1. The number of aromatic nitrogens is 2. The van der Waals surface area contributed by atoms with Gasteiger partial charge in [0.15, 0.2) is 0 Å². The lowest BCUT2D eigenvalue weighted by Gasteiger charge is -2.16. The van der Waals surface area contributed by atoms with Crippen LogP contribution in [0, 0.1) is 6.92 Å². The van der Waals surface area contributed by atoms with Crippen LogP contribution in [0.3, 0.4) is 0 Å². The van der Waals surface area contributed by atoms with E-state index in [9.17, 15) is 13.2 Å². The molecule has 0 spiro atoms. The summed E-state index contributed by atoms with van der Waals surface area (Å²) in [5, 5.41) is 17.0. The van der Waals surface area contributed by atoms with Gasteiger partial charge in [0.25, 0.3) is 0 Å². The van der Waals surface area contributed by atoms with E-state index in [4.69, 9.17) is 5.11 Å². The van der Waals surface area contributed by atoms with Crippen LogP contribution in [0.1, 0.15) is 20.8 Å². The van der Waals surface area contributed by atoms with Crippen LogP contribution in [-0.4, -0.2) is 41.0 Å². The summed E-state index contributed by atoms with van der Waals surface area (Å²) in [6.45, 7) is 1.70. The fourth-order valence-corrected chi connectivity index (χ4v) is 4.50. The third-order valence-electron chi connectivity index (χ3n) is 2.74. The van der Waals surface area contributed by atoms with Crippen LogP contribution in [0.25, 0.3) is 0 Å². The van der Waals surface area contributed by atoms with Crippen LogP contribution in [-0.2, 0) is 16.6 Å². The van der Waals surface area contributed by atoms with Crippen LogP contribution < -0.4 is 0 Å². The fourth-order valence-electron chi connectivity index (χ4n) is 1.76. The molecule has 2 heterocycles. The van der Waals surface area contributed by atoms with Crippen molar-refractivity contribution in [3.8, 4) is 0 Å². The number of hydrogen-bond acceptors (Lipinski definition) is 5. The van der Waals surface area contributed by atoms with Crippen molar-refractivity contribution in [1.82, 2.24) is 14.5 Å². The molecular formula is C11H13N3O4S2. The number of H-pyrrole nitrogens is 1. The second kappa shape index (κ2) is 5.35. The van der Waals surface area contributed by atoms with Crippen molar-refractivity contribution in [3.05, 3.63) is 33.8 Å². The highest BCUT2D eigenvalue weighted by atomic mass is 32.2. The van der Waals surface area contributed by atoms with Gasteiger partial charge in [0.2, 0.25) is 10.0 Å². The number of nitrogens with zero attached hydrogens (tertiary/aromatic N) is 2. The fraction of sp³-hybridized carbons (Fsp3) is 0.273. The summed E-state index contributed by atoms with van der Waals surface area (Å²) in [4.78, 5) is 10.8. The molecular weight excluding hydrogens is 302 g/mol. The Balaban J connectivity index is 2.40. The zero-order chi connectivity index (χ0) is 14.9. The van der Waals surface area contributed by atoms with E-state index in [-0.39, 0.29) is 16.3 Å². The first kappa shape index (κ1) is 14.7. The lowest BCUT2D eigenvalue weighted by molar-refractivity contribution is 0.0698. The molecule has 9 heteroatoms. The Hall–Kier alpha value is -1.71. The molecule has 0 saturated heterocycles. The second-order valence-electron chi connectivity index (χ2n) is 4.25. The van der Waals surface area contributed by atoms with Crippen molar-refractivity contribution >= 4 is 27.3 Å². The van der Waals surface area contributed by atoms with E-state index in [0.717, 1.165) is 15.6 Å². The number of nitrogens with one attached hydrogen (secondary N) is 1. The van der Waals surface area contributed by atoms with Crippen molar-refractivity contribution in [2.45, 2.75) is 18.4 Å². The third-order valence-corrected chi connectivity index (χ3v) is 5.95. The normalized spacial score (nSPS) is 11.9. The minimum atomic E-state index is -3.86. The van der Waals surface area contributed by atoms with Gasteiger partial charge in [-0.15, -0.1) is 11.3 Å². The Morgan fingerprint density at radius 1 is 1.55 bits per heavy atom. The average molecular weight is 315 g/mol. The first-order chi connectivity index (χ1) is 9.34. The van der Waals surface area contributed by atoms with Crippen LogP contribution in [0.5, 0.6) is 0 Å². The molecule has 0 aliphatic heterocycles. The summed E-state index contributed by atoms with van der Waals surface area (Å²) in [5.41, 5.74) is 1.13. The largest absolute Gasteiger partial charge is 0.477 e. The van der Waals surface area contributed by atoms with Crippen LogP contribution in [0.15, 0.2) is 22.7 Å². The predicted molar refractivity (Wildman–Crippen MR) is 73.3 cm³/mol. The van der Waals surface area contributed by atoms with Gasteiger partial charge >= 0.3 is 5.97 Å². The Kier molecular flexibility index (Phi) is 3.93. The number of aromatic carboxylic acids is 1. The minimum Gasteiger partial charge on any atom is -0.477 e. The second-order valence-corrected chi connectivity index (χ2v) is 7.11. The number of aromatic amines is 1. The molecule has 0 radical (unpaired) electrons. The van der Waals surface area contributed by atoms with E-state index in [1.807, 2.05) is 0 Å². The van der Waals surface area contributed by atoms with Crippen molar-refractivity contribution in [2.24, 2.45) is 0 Å². The van der Waals surface area contributed by atoms with Gasteiger partial charge in [-0.1, -0.05) is 0 Å². The molecule has 2 aromatic heterocycles. The first-order valence-corrected chi connectivity index (χ1v) is 7.91. The molecule has 2 aromatic rings. The molecule has 0 aliphatic rings. The summed E-state index contributed by atoms with van der Waals surface area (Å²) in [7, 11) is -2.45. The Morgan fingerprint density at radius 3 is 2.80 bits per heavy atom. The quantitative estimate of drug-likeness (QED) is 0.865. The molecule has 0 amide bonds. The number of carboxylic acid groups (broad SMARTS) is 1. The van der Waals surface area contributed by atoms with E-state index in [1.165, 1.54) is 18.6 Å². The smallest absolute Gasteiger partial charge is 0.347 e. The molecule has 0 atom stereocenters. The molecule has 2 N–H and O–H groups in total. The highest BCUT2D eigenvalue weighted by Gasteiger charge is 2.30. The summed E-state index contributed by atoms with van der Waals surface area (Å²) in [5.74, 6) is -1.24. The number of hydrogen-bond donors (Lipinski definition) is 2. The monoisotopic (exact) mass is 315 g/mol. The lowest BCUT2D eigenvalue weighted by Crippen LogP contribution is -2.27. The number of sulfonamides is 1. The van der Waals surface area contributed by atoms with E-state index in [0.29, 0.717) is 11.1 Å². The summed E-state index contributed by atoms with van der Waals surface area (Å²) >= 11 is 0.913. The van der Waals surface area contributed by atoms with Gasteiger partial charge in [-0.05, 0) is 17.9 Å². The van der Waals surface area contributed by atoms with Gasteiger partial charge in [-0.25, -0.2) is 13.2 Å². The van der Waals surface area contributed by atoms with Gasteiger partial charge < -0.3 is 5.11 Å². The summed E-state index contributed by atoms with van der Waals surface area (Å²) in [6.07, 6.45) is 3.11. The van der Waals surface area contributed by atoms with Crippen molar-refractivity contribution in [3.63, 3.8) is 0 Å². The van der Waals surface area contributed by atoms with Gasteiger partial charge in [0.1, 0.15) is 9.77 Å². The molecule has 20 heavy (non-hydrogen) atoms. The zero-order valence-electron chi connectivity index (χ0n) is 10.8. The maximum atomic E-state index is 12.5. The maximum Gasteiger partial charge on any atom is 0.347 e. The Bertz CT molecular complexity index is 719. The van der Waals surface area contributed by atoms with Gasteiger partial charge in [0.05, 0.1) is 6.20 Å². The number of rotatable bonds is 5. The molecule has 108 valence electrons. The molecule has 7 nitrogen and oxygen atoms in total. The van der Waals surface area contributed by atoms with Crippen molar-refractivity contribution < 1.29 is 18.3 Å². The molecule has 0 fully saturated rings. The van der Waals surface area contributed by atoms with Gasteiger partial charge in [-0.2, -0.15) is 9.40 Å². The molecule has 2 rings (SSSR count). The highest BCUT2D eigenvalue weighted by molar-refractivity contribution is 7.89. The Morgan fingerprint density at radius 2 is 2.25 bits per heavy atom. The van der Waals surface area contributed by atoms with Crippen molar-refractivity contribution in [2.75, 3.05) is 7.05 Å². The molecule has 0 aromatic carbocycles. The lowest BCUT2D eigenvalue weighted by atomic mass is 10.3. The summed E-state index contributed by atoms with van der Waals surface area (Å²) in [6, 6.07) is 0. The highest BCUT2D eigenvalue weighted by Crippen LogP contribution is 2.29. The van der Waals surface area contributed by atoms with Gasteiger partial charge in [0, 0.05) is 25.4 Å². The standard InChI is InChI=1S/C11H13N3O4S2/c1-7-6-19-9(11(15)16)10(7)20(17,18)14(2)5-8-3-12-13-4-8/h3-4,6H,5H2,1-2H3,(H,12,13)(H,15,16). The van der Waals surface area contributed by atoms with E-state index in [1.54, 1.807) is 13.1 Å². The molecule has 0 bridgehead atoms. The van der Waals surface area contributed by atoms with Crippen LogP contribution in [0.2, 0.25) is 0 Å². The average Bonchev–Trinajstić information content (AvgIpc) is 2.98. The Labute approximate surface area is 119 Å². The number of aryl methyl sites for hydroxylation is 1. The molecule has 0 aliphatic carbocycles. The zero-order valence-corrected chi connectivity index (χ0v) is 12.5. The van der Waals surface area contributed by atoms with Gasteiger partial charge in [-0.3, -0.25) is 5.10 Å².